The Kier molecular flexibility index (Phi) is 4.22. The molecular weight excluding hydrogens is 234 g/mol. The van der Waals surface area contributed by atoms with E-state index < -0.39 is 0 Å². The average molecular weight is 253 g/mol. The van der Waals surface area contributed by atoms with E-state index in [0.717, 1.165) is 12.4 Å². The third kappa shape index (κ3) is 2.83. The van der Waals surface area contributed by atoms with E-state index in [9.17, 15) is 0 Å². The molecule has 1 saturated heterocycles. The van der Waals surface area contributed by atoms with Gasteiger partial charge in [0.15, 0.2) is 0 Å². The van der Waals surface area contributed by atoms with Gasteiger partial charge in [0, 0.05) is 13.1 Å². The fourth-order valence-corrected chi connectivity index (χ4v) is 1.91. The molecule has 1 aromatic heterocycles. The summed E-state index contributed by atoms with van der Waals surface area (Å²) in [6.45, 7) is 4.40. The second-order valence-electron chi connectivity index (χ2n) is 4.12. The molecule has 0 saturated carbocycles. The Morgan fingerprint density at radius 1 is 1.61 bits per heavy atom. The van der Waals surface area contributed by atoms with Crippen molar-refractivity contribution in [1.82, 2.24) is 4.98 Å². The summed E-state index contributed by atoms with van der Waals surface area (Å²) in [5.41, 5.74) is 6.32. The molecule has 2 rings (SSSR count). The van der Waals surface area contributed by atoms with Crippen molar-refractivity contribution in [3.05, 3.63) is 12.1 Å². The molecule has 1 aliphatic rings. The number of aliphatic hydroxyl groups excluding tert-OH is 1. The first-order chi connectivity index (χ1) is 8.74. The van der Waals surface area contributed by atoms with Gasteiger partial charge in [-0.1, -0.05) is 0 Å². The Morgan fingerprint density at radius 3 is 3.17 bits per heavy atom. The molecule has 1 unspecified atom stereocenters. The SMILES string of the molecule is CCOc1nc(N2CCOC(CO)C2)ccc1N. The van der Waals surface area contributed by atoms with Crippen molar-refractivity contribution >= 4 is 11.5 Å². The lowest BCUT2D eigenvalue weighted by Crippen LogP contribution is -2.44. The van der Waals surface area contributed by atoms with Crippen LogP contribution in [0.1, 0.15) is 6.92 Å². The van der Waals surface area contributed by atoms with Crippen LogP contribution < -0.4 is 15.4 Å². The topological polar surface area (TPSA) is 80.8 Å². The molecule has 0 aromatic carbocycles. The zero-order valence-corrected chi connectivity index (χ0v) is 10.5. The second kappa shape index (κ2) is 5.88. The molecule has 18 heavy (non-hydrogen) atoms. The molecule has 3 N–H and O–H groups in total. The molecule has 1 aliphatic heterocycles. The van der Waals surface area contributed by atoms with Gasteiger partial charge in [0.2, 0.25) is 5.88 Å². The maximum Gasteiger partial charge on any atom is 0.239 e. The smallest absolute Gasteiger partial charge is 0.239 e. The number of hydrogen-bond acceptors (Lipinski definition) is 6. The number of hydrogen-bond donors (Lipinski definition) is 2. The third-order valence-corrected chi connectivity index (χ3v) is 2.82. The van der Waals surface area contributed by atoms with Crippen molar-refractivity contribution < 1.29 is 14.6 Å². The van der Waals surface area contributed by atoms with Crippen LogP contribution in [0, 0.1) is 0 Å². The van der Waals surface area contributed by atoms with E-state index in [1.54, 1.807) is 6.07 Å². The lowest BCUT2D eigenvalue weighted by atomic mass is 10.2. The fraction of sp³-hybridized carbons (Fsp3) is 0.583. The normalized spacial score (nSPS) is 19.9. The molecular formula is C12H19N3O3. The second-order valence-corrected chi connectivity index (χ2v) is 4.12. The highest BCUT2D eigenvalue weighted by molar-refractivity contribution is 5.54. The minimum Gasteiger partial charge on any atom is -0.476 e. The van der Waals surface area contributed by atoms with Crippen molar-refractivity contribution in [1.29, 1.82) is 0 Å². The number of aliphatic hydroxyl groups is 1. The van der Waals surface area contributed by atoms with Crippen molar-refractivity contribution in [2.75, 3.05) is 43.5 Å². The summed E-state index contributed by atoms with van der Waals surface area (Å²) in [5, 5.41) is 9.12. The van der Waals surface area contributed by atoms with Crippen LogP contribution in [0.3, 0.4) is 0 Å². The number of nitrogens with two attached hydrogens (primary N) is 1. The van der Waals surface area contributed by atoms with Gasteiger partial charge in [0.1, 0.15) is 5.82 Å². The Bertz CT molecular complexity index is 400. The highest BCUT2D eigenvalue weighted by atomic mass is 16.5. The predicted molar refractivity (Wildman–Crippen MR) is 68.9 cm³/mol. The van der Waals surface area contributed by atoms with Gasteiger partial charge in [-0.15, -0.1) is 0 Å². The Morgan fingerprint density at radius 2 is 2.44 bits per heavy atom. The zero-order chi connectivity index (χ0) is 13.0. The van der Waals surface area contributed by atoms with Crippen molar-refractivity contribution in [3.63, 3.8) is 0 Å². The van der Waals surface area contributed by atoms with Crippen LogP contribution in [0.5, 0.6) is 5.88 Å². The van der Waals surface area contributed by atoms with Gasteiger partial charge < -0.3 is 25.2 Å². The molecule has 2 heterocycles. The molecule has 1 atom stereocenters. The number of nitrogen functional groups attached to an aromatic ring is 1. The van der Waals surface area contributed by atoms with Crippen molar-refractivity contribution in [2.45, 2.75) is 13.0 Å². The first-order valence-electron chi connectivity index (χ1n) is 6.11. The van der Waals surface area contributed by atoms with Crippen LogP contribution >= 0.6 is 0 Å². The fourth-order valence-electron chi connectivity index (χ4n) is 1.91. The third-order valence-electron chi connectivity index (χ3n) is 2.82. The standard InChI is InChI=1S/C12H19N3O3/c1-2-17-12-10(13)3-4-11(14-12)15-5-6-18-9(7-15)8-16/h3-4,9,16H,2,5-8,13H2,1H3. The molecule has 0 bridgehead atoms. The molecule has 0 amide bonds. The predicted octanol–water partition coefficient (Wildman–Crippen LogP) is 0.260. The van der Waals surface area contributed by atoms with Crippen molar-refractivity contribution in [3.8, 4) is 5.88 Å². The van der Waals surface area contributed by atoms with Gasteiger partial charge in [-0.25, -0.2) is 0 Å². The number of morpholine rings is 1. The number of anilines is 2. The van der Waals surface area contributed by atoms with E-state index in [0.29, 0.717) is 31.3 Å². The average Bonchev–Trinajstić information content (AvgIpc) is 2.41. The number of pyridine rings is 1. The number of rotatable bonds is 4. The summed E-state index contributed by atoms with van der Waals surface area (Å²) in [6, 6.07) is 3.65. The lowest BCUT2D eigenvalue weighted by molar-refractivity contribution is 0.00334. The van der Waals surface area contributed by atoms with Crippen LogP contribution in [0.2, 0.25) is 0 Å². The summed E-state index contributed by atoms with van der Waals surface area (Å²) in [6.07, 6.45) is -0.159. The van der Waals surface area contributed by atoms with Gasteiger partial charge in [-0.2, -0.15) is 4.98 Å². The molecule has 1 aromatic rings. The number of nitrogens with zero attached hydrogens (tertiary/aromatic N) is 2. The summed E-state index contributed by atoms with van der Waals surface area (Å²) < 4.78 is 10.8. The van der Waals surface area contributed by atoms with E-state index in [-0.39, 0.29) is 12.7 Å². The van der Waals surface area contributed by atoms with Gasteiger partial charge in [-0.05, 0) is 19.1 Å². The van der Waals surface area contributed by atoms with Gasteiger partial charge >= 0.3 is 0 Å². The Hall–Kier alpha value is -1.53. The van der Waals surface area contributed by atoms with E-state index in [1.807, 2.05) is 13.0 Å². The zero-order valence-electron chi connectivity index (χ0n) is 10.5. The minimum absolute atomic E-state index is 0.0176. The number of ether oxygens (including phenoxy) is 2. The first-order valence-corrected chi connectivity index (χ1v) is 6.11. The lowest BCUT2D eigenvalue weighted by Gasteiger charge is -2.33. The summed E-state index contributed by atoms with van der Waals surface area (Å²) >= 11 is 0. The highest BCUT2D eigenvalue weighted by Crippen LogP contribution is 2.24. The monoisotopic (exact) mass is 253 g/mol. The van der Waals surface area contributed by atoms with Crippen LogP contribution in [-0.4, -0.2) is 49.1 Å². The molecule has 1 fully saturated rings. The van der Waals surface area contributed by atoms with Crippen LogP contribution in [-0.2, 0) is 4.74 Å². The maximum absolute atomic E-state index is 9.12. The molecule has 0 spiro atoms. The molecule has 100 valence electrons. The van der Waals surface area contributed by atoms with Crippen molar-refractivity contribution in [2.24, 2.45) is 0 Å². The summed E-state index contributed by atoms with van der Waals surface area (Å²) in [4.78, 5) is 6.46. The molecule has 6 nitrogen and oxygen atoms in total. The Labute approximate surface area is 106 Å². The first kappa shape index (κ1) is 12.9. The number of aromatic nitrogens is 1. The molecule has 6 heteroatoms. The summed E-state index contributed by atoms with van der Waals surface area (Å²) in [5.74, 6) is 1.26. The van der Waals surface area contributed by atoms with E-state index >= 15 is 0 Å². The van der Waals surface area contributed by atoms with E-state index in [2.05, 4.69) is 9.88 Å². The van der Waals surface area contributed by atoms with Crippen LogP contribution in [0.25, 0.3) is 0 Å². The molecule has 0 radical (unpaired) electrons. The van der Waals surface area contributed by atoms with Crippen LogP contribution in [0.15, 0.2) is 12.1 Å². The maximum atomic E-state index is 9.12. The Balaban J connectivity index is 2.14. The van der Waals surface area contributed by atoms with Crippen LogP contribution in [0.4, 0.5) is 11.5 Å². The largest absolute Gasteiger partial charge is 0.476 e. The summed E-state index contributed by atoms with van der Waals surface area (Å²) in [7, 11) is 0. The highest BCUT2D eigenvalue weighted by Gasteiger charge is 2.21. The van der Waals surface area contributed by atoms with E-state index in [1.165, 1.54) is 0 Å². The van der Waals surface area contributed by atoms with Gasteiger partial charge in [-0.3, -0.25) is 0 Å². The van der Waals surface area contributed by atoms with Gasteiger partial charge in [0.25, 0.3) is 0 Å². The molecule has 0 aliphatic carbocycles. The minimum atomic E-state index is -0.159. The quantitative estimate of drug-likeness (QED) is 0.801. The van der Waals surface area contributed by atoms with Gasteiger partial charge in [0.05, 0.1) is 31.6 Å². The van der Waals surface area contributed by atoms with E-state index in [4.69, 9.17) is 20.3 Å².